The van der Waals surface area contributed by atoms with E-state index in [4.69, 9.17) is 0 Å². The molecule has 1 aromatic rings. The second-order valence-electron chi connectivity index (χ2n) is 6.69. The molecule has 1 fully saturated rings. The molecule has 1 unspecified atom stereocenters. The molecule has 8 heteroatoms. The predicted octanol–water partition coefficient (Wildman–Crippen LogP) is 2.85. The number of likely N-dealkylation sites (tertiary alicyclic amines) is 1. The van der Waals surface area contributed by atoms with Crippen LogP contribution in [0.4, 0.5) is 4.79 Å². The third kappa shape index (κ3) is 3.74. The lowest BCUT2D eigenvalue weighted by Crippen LogP contribution is -2.53. The number of H-pyrrole nitrogens is 1. The number of nitrogens with one attached hydrogen (secondary N) is 2. The number of amides is 2. The van der Waals surface area contributed by atoms with Crippen molar-refractivity contribution >= 4 is 27.9 Å². The van der Waals surface area contributed by atoms with Crippen molar-refractivity contribution in [2.75, 3.05) is 7.11 Å². The average Bonchev–Trinajstić information content (AvgIpc) is 3.08. The molecular formula is C16H25BrN4O3. The minimum Gasteiger partial charge on any atom is -0.453 e. The molecule has 0 saturated carbocycles. The normalized spacial score (nSPS) is 25.0. The van der Waals surface area contributed by atoms with Crippen LogP contribution >= 0.6 is 15.9 Å². The molecule has 0 radical (unpaired) electrons. The topological polar surface area (TPSA) is 87.3 Å². The van der Waals surface area contributed by atoms with E-state index in [1.54, 1.807) is 6.20 Å². The van der Waals surface area contributed by atoms with Crippen molar-refractivity contribution in [3.05, 3.63) is 16.6 Å². The molecule has 7 nitrogen and oxygen atoms in total. The van der Waals surface area contributed by atoms with Gasteiger partial charge in [0.05, 0.1) is 19.3 Å². The van der Waals surface area contributed by atoms with Crippen molar-refractivity contribution in [1.29, 1.82) is 0 Å². The number of rotatable bonds is 4. The Kier molecular flexibility index (Phi) is 5.90. The lowest BCUT2D eigenvalue weighted by molar-refractivity contribution is -0.137. The van der Waals surface area contributed by atoms with Gasteiger partial charge in [0.25, 0.3) is 0 Å². The smallest absolute Gasteiger partial charge is 0.407 e. The van der Waals surface area contributed by atoms with E-state index in [2.05, 4.69) is 42.9 Å². The van der Waals surface area contributed by atoms with E-state index >= 15 is 0 Å². The first kappa shape index (κ1) is 18.8. The summed E-state index contributed by atoms with van der Waals surface area (Å²) in [5.41, 5.74) is 0. The van der Waals surface area contributed by atoms with Crippen LogP contribution < -0.4 is 5.32 Å². The number of alkyl carbamates (subject to hydrolysis) is 1. The number of imidazole rings is 1. The summed E-state index contributed by atoms with van der Waals surface area (Å²) < 4.78 is 5.44. The summed E-state index contributed by atoms with van der Waals surface area (Å²) in [6.45, 7) is 7.97. The maximum Gasteiger partial charge on any atom is 0.407 e. The van der Waals surface area contributed by atoms with Gasteiger partial charge in [0, 0.05) is 6.04 Å². The van der Waals surface area contributed by atoms with Gasteiger partial charge in [-0.05, 0) is 41.1 Å². The highest BCUT2D eigenvalue weighted by atomic mass is 79.9. The maximum absolute atomic E-state index is 13.2. The number of nitrogens with zero attached hydrogens (tertiary/aromatic N) is 2. The van der Waals surface area contributed by atoms with E-state index in [0.29, 0.717) is 5.92 Å². The van der Waals surface area contributed by atoms with E-state index in [-0.39, 0.29) is 23.9 Å². The highest BCUT2D eigenvalue weighted by Gasteiger charge is 2.44. The molecule has 134 valence electrons. The van der Waals surface area contributed by atoms with E-state index < -0.39 is 12.1 Å². The second kappa shape index (κ2) is 7.55. The molecule has 0 aliphatic carbocycles. The van der Waals surface area contributed by atoms with Crippen LogP contribution in [0, 0.1) is 11.8 Å². The summed E-state index contributed by atoms with van der Waals surface area (Å²) in [6.07, 6.45) is 1.92. The van der Waals surface area contributed by atoms with E-state index in [9.17, 15) is 9.59 Å². The summed E-state index contributed by atoms with van der Waals surface area (Å²) >= 11 is 3.37. The number of halogens is 1. The Labute approximate surface area is 150 Å². The summed E-state index contributed by atoms with van der Waals surface area (Å²) in [5, 5.41) is 2.66. The molecule has 2 amide bonds. The van der Waals surface area contributed by atoms with Gasteiger partial charge in [-0.3, -0.25) is 4.79 Å². The lowest BCUT2D eigenvalue weighted by atomic mass is 10.0. The highest BCUT2D eigenvalue weighted by molar-refractivity contribution is 9.10. The zero-order valence-corrected chi connectivity index (χ0v) is 16.3. The van der Waals surface area contributed by atoms with Gasteiger partial charge in [-0.1, -0.05) is 20.8 Å². The molecule has 1 aliphatic heterocycles. The van der Waals surface area contributed by atoms with Crippen LogP contribution in [0.2, 0.25) is 0 Å². The van der Waals surface area contributed by atoms with Crippen LogP contribution in [-0.2, 0) is 9.53 Å². The number of methoxy groups -OCH3 is 1. The molecule has 4 atom stereocenters. The summed E-state index contributed by atoms with van der Waals surface area (Å²) in [5.74, 6) is 0.939. The fourth-order valence-electron chi connectivity index (χ4n) is 3.16. The fraction of sp³-hybridized carbons (Fsp3) is 0.688. The SMILES string of the molecule is COC(=O)N[C@H](C(=O)N1[C@H](C)C(C)C[C@H]1c1ncc(Br)[nH]1)C(C)C. The molecule has 1 aliphatic rings. The number of carbonyl (C=O) groups excluding carboxylic acids is 2. The lowest BCUT2D eigenvalue weighted by Gasteiger charge is -2.33. The van der Waals surface area contributed by atoms with Gasteiger partial charge < -0.3 is 19.9 Å². The Morgan fingerprint density at radius 1 is 1.46 bits per heavy atom. The van der Waals surface area contributed by atoms with Crippen molar-refractivity contribution in [2.45, 2.75) is 52.2 Å². The molecule has 0 bridgehead atoms. The Morgan fingerprint density at radius 3 is 2.62 bits per heavy atom. The Bertz CT molecular complexity index is 604. The van der Waals surface area contributed by atoms with Crippen LogP contribution in [0.3, 0.4) is 0 Å². The maximum atomic E-state index is 13.2. The monoisotopic (exact) mass is 400 g/mol. The second-order valence-corrected chi connectivity index (χ2v) is 7.54. The van der Waals surface area contributed by atoms with Gasteiger partial charge in [-0.25, -0.2) is 9.78 Å². The van der Waals surface area contributed by atoms with Gasteiger partial charge in [-0.15, -0.1) is 0 Å². The van der Waals surface area contributed by atoms with Gasteiger partial charge in [0.15, 0.2) is 0 Å². The zero-order valence-electron chi connectivity index (χ0n) is 14.7. The van der Waals surface area contributed by atoms with Crippen LogP contribution in [-0.4, -0.2) is 46.1 Å². The first-order valence-corrected chi connectivity index (χ1v) is 8.92. The number of aromatic amines is 1. The quantitative estimate of drug-likeness (QED) is 0.812. The first-order valence-electron chi connectivity index (χ1n) is 8.13. The first-order chi connectivity index (χ1) is 11.3. The Balaban J connectivity index is 2.29. The van der Waals surface area contributed by atoms with Crippen molar-refractivity contribution in [3.8, 4) is 0 Å². The minimum absolute atomic E-state index is 0.0521. The third-order valence-electron chi connectivity index (χ3n) is 4.72. The van der Waals surface area contributed by atoms with Crippen LogP contribution in [0.15, 0.2) is 10.8 Å². The van der Waals surface area contributed by atoms with Gasteiger partial charge in [0.1, 0.15) is 16.5 Å². The van der Waals surface area contributed by atoms with Gasteiger partial charge in [0.2, 0.25) is 5.91 Å². The number of hydrogen-bond acceptors (Lipinski definition) is 4. The minimum atomic E-state index is -0.633. The van der Waals surface area contributed by atoms with E-state index in [0.717, 1.165) is 16.8 Å². The Morgan fingerprint density at radius 2 is 2.12 bits per heavy atom. The van der Waals surface area contributed by atoms with Crippen molar-refractivity contribution in [2.24, 2.45) is 11.8 Å². The van der Waals surface area contributed by atoms with Crippen LogP contribution in [0.1, 0.15) is 46.0 Å². The molecule has 1 aromatic heterocycles. The third-order valence-corrected chi connectivity index (χ3v) is 5.12. The van der Waals surface area contributed by atoms with Crippen molar-refractivity contribution in [1.82, 2.24) is 20.2 Å². The number of aromatic nitrogens is 2. The predicted molar refractivity (Wildman–Crippen MR) is 93.3 cm³/mol. The highest BCUT2D eigenvalue weighted by Crippen LogP contribution is 2.39. The van der Waals surface area contributed by atoms with Crippen LogP contribution in [0.5, 0.6) is 0 Å². The summed E-state index contributed by atoms with van der Waals surface area (Å²) in [7, 11) is 1.29. The van der Waals surface area contributed by atoms with E-state index in [1.807, 2.05) is 25.7 Å². The van der Waals surface area contributed by atoms with Crippen molar-refractivity contribution < 1.29 is 14.3 Å². The zero-order chi connectivity index (χ0) is 18.0. The van der Waals surface area contributed by atoms with Gasteiger partial charge in [-0.2, -0.15) is 0 Å². The molecular weight excluding hydrogens is 376 g/mol. The van der Waals surface area contributed by atoms with Crippen molar-refractivity contribution in [3.63, 3.8) is 0 Å². The molecule has 2 heterocycles. The molecule has 2 rings (SSSR count). The molecule has 0 spiro atoms. The summed E-state index contributed by atoms with van der Waals surface area (Å²) in [4.78, 5) is 34.2. The molecule has 1 saturated heterocycles. The molecule has 24 heavy (non-hydrogen) atoms. The average molecular weight is 401 g/mol. The number of carbonyl (C=O) groups is 2. The van der Waals surface area contributed by atoms with Gasteiger partial charge >= 0.3 is 6.09 Å². The molecule has 2 N–H and O–H groups in total. The Hall–Kier alpha value is -1.57. The number of ether oxygens (including phenoxy) is 1. The van der Waals surface area contributed by atoms with Crippen LogP contribution in [0.25, 0.3) is 0 Å². The summed E-state index contributed by atoms with van der Waals surface area (Å²) in [6, 6.07) is -0.701. The largest absolute Gasteiger partial charge is 0.453 e. The number of hydrogen-bond donors (Lipinski definition) is 2. The van der Waals surface area contributed by atoms with E-state index in [1.165, 1.54) is 7.11 Å². The fourth-order valence-corrected chi connectivity index (χ4v) is 3.47. The molecule has 0 aromatic carbocycles. The standard InChI is InChI=1S/C16H25BrN4O3/c1-8(2)13(20-16(23)24-5)15(22)21-10(4)9(3)6-11(21)14-18-7-12(17)19-14/h7-11,13H,6H2,1-5H3,(H,18,19)(H,20,23)/t9?,10-,11+,13+/m1/s1.